The van der Waals surface area contributed by atoms with Crippen molar-refractivity contribution in [3.63, 3.8) is 0 Å². The fourth-order valence-electron chi connectivity index (χ4n) is 3.29. The third kappa shape index (κ3) is 3.96. The molecule has 1 amide bonds. The average Bonchev–Trinajstić information content (AvgIpc) is 3.34. The molecule has 0 radical (unpaired) electrons. The summed E-state index contributed by atoms with van der Waals surface area (Å²) in [6, 6.07) is 8.84. The summed E-state index contributed by atoms with van der Waals surface area (Å²) in [5.41, 5.74) is 0.224. The van der Waals surface area contributed by atoms with Gasteiger partial charge in [-0.25, -0.2) is 4.98 Å². The molecule has 1 N–H and O–H groups in total. The third-order valence-corrected chi connectivity index (χ3v) is 5.88. The molecular weight excluding hydrogens is 387 g/mol. The lowest BCUT2D eigenvalue weighted by atomic mass is 10.1. The third-order valence-electron chi connectivity index (χ3n) is 4.76. The molecule has 4 nitrogen and oxygen atoms in total. The van der Waals surface area contributed by atoms with Crippen LogP contribution >= 0.6 is 11.3 Å². The van der Waals surface area contributed by atoms with Gasteiger partial charge in [0.2, 0.25) is 0 Å². The Kier molecular flexibility index (Phi) is 4.97. The van der Waals surface area contributed by atoms with E-state index >= 15 is 0 Å². The Bertz CT molecular complexity index is 1010. The summed E-state index contributed by atoms with van der Waals surface area (Å²) in [6.07, 6.45) is -0.352. The van der Waals surface area contributed by atoms with Crippen molar-refractivity contribution >= 4 is 33.1 Å². The molecule has 0 unspecified atom stereocenters. The van der Waals surface area contributed by atoms with E-state index in [0.29, 0.717) is 21.5 Å². The molecule has 1 saturated heterocycles. The van der Waals surface area contributed by atoms with Gasteiger partial charge in [-0.2, -0.15) is 13.2 Å². The molecule has 146 valence electrons. The maximum atomic E-state index is 12.8. The standard InChI is InChI=1S/C20H18F3N3OS/c21-20(22,23)15-3-4-16-14(10-15)11-17(28-16)19(27)25-12-13-5-6-24-18(9-13)26-7-1-2-8-26/h3-6,9-11H,1-2,7-8,12H2,(H,25,27). The number of nitrogens with one attached hydrogen (secondary N) is 1. The van der Waals surface area contributed by atoms with Gasteiger partial charge < -0.3 is 10.2 Å². The molecule has 4 rings (SSSR count). The minimum absolute atomic E-state index is 0.297. The second-order valence-corrected chi connectivity index (χ2v) is 7.84. The van der Waals surface area contributed by atoms with Crippen LogP contribution in [-0.4, -0.2) is 24.0 Å². The molecule has 8 heteroatoms. The number of pyridine rings is 1. The van der Waals surface area contributed by atoms with E-state index in [1.807, 2.05) is 12.1 Å². The number of halogens is 3. The Morgan fingerprint density at radius 1 is 1.14 bits per heavy atom. The largest absolute Gasteiger partial charge is 0.416 e. The molecule has 0 atom stereocenters. The van der Waals surface area contributed by atoms with Crippen molar-refractivity contribution in [3.8, 4) is 0 Å². The Morgan fingerprint density at radius 2 is 1.93 bits per heavy atom. The topological polar surface area (TPSA) is 45.2 Å². The van der Waals surface area contributed by atoms with Gasteiger partial charge in [0.1, 0.15) is 5.82 Å². The van der Waals surface area contributed by atoms with Crippen LogP contribution in [0.25, 0.3) is 10.1 Å². The lowest BCUT2D eigenvalue weighted by Gasteiger charge is -2.16. The van der Waals surface area contributed by atoms with Crippen LogP contribution in [0, 0.1) is 0 Å². The van der Waals surface area contributed by atoms with Crippen LogP contribution in [0.3, 0.4) is 0 Å². The monoisotopic (exact) mass is 405 g/mol. The van der Waals surface area contributed by atoms with Crippen molar-refractivity contribution in [2.45, 2.75) is 25.6 Å². The second-order valence-electron chi connectivity index (χ2n) is 6.76. The predicted octanol–water partition coefficient (Wildman–Crippen LogP) is 4.85. The zero-order valence-corrected chi connectivity index (χ0v) is 15.7. The van der Waals surface area contributed by atoms with Crippen LogP contribution in [0.15, 0.2) is 42.6 Å². The predicted molar refractivity (Wildman–Crippen MR) is 104 cm³/mol. The molecule has 1 aliphatic rings. The number of nitrogens with zero attached hydrogens (tertiary/aromatic N) is 2. The first-order valence-corrected chi connectivity index (χ1v) is 9.81. The van der Waals surface area contributed by atoms with Gasteiger partial charge in [0.25, 0.3) is 5.91 Å². The molecule has 0 aliphatic carbocycles. The maximum Gasteiger partial charge on any atom is 0.416 e. The molecule has 3 heterocycles. The highest BCUT2D eigenvalue weighted by Crippen LogP contribution is 2.34. The summed E-state index contributed by atoms with van der Waals surface area (Å²) < 4.78 is 39.2. The summed E-state index contributed by atoms with van der Waals surface area (Å²) in [6.45, 7) is 2.32. The second kappa shape index (κ2) is 7.43. The Labute approximate surface area is 164 Å². The van der Waals surface area contributed by atoms with E-state index in [4.69, 9.17) is 0 Å². The number of hydrogen-bond acceptors (Lipinski definition) is 4. The zero-order valence-electron chi connectivity index (χ0n) is 14.9. The number of fused-ring (bicyclic) bond motifs is 1. The number of hydrogen-bond donors (Lipinski definition) is 1. The Balaban J connectivity index is 1.46. The van der Waals surface area contributed by atoms with Gasteiger partial charge in [-0.05, 0) is 60.2 Å². The summed E-state index contributed by atoms with van der Waals surface area (Å²) in [7, 11) is 0. The van der Waals surface area contributed by atoms with Crippen LogP contribution in [0.2, 0.25) is 0 Å². The van der Waals surface area contributed by atoms with E-state index in [1.54, 1.807) is 6.20 Å². The first kappa shape index (κ1) is 18.7. The van der Waals surface area contributed by atoms with Gasteiger partial charge in [0.15, 0.2) is 0 Å². The molecule has 0 bridgehead atoms. The van der Waals surface area contributed by atoms with Gasteiger partial charge in [-0.3, -0.25) is 4.79 Å². The highest BCUT2D eigenvalue weighted by atomic mass is 32.1. The SMILES string of the molecule is O=C(NCc1ccnc(N2CCCC2)c1)c1cc2cc(C(F)(F)F)ccc2s1. The van der Waals surface area contributed by atoms with Gasteiger partial charge in [-0.1, -0.05) is 0 Å². The van der Waals surface area contributed by atoms with Gasteiger partial charge >= 0.3 is 6.18 Å². The Morgan fingerprint density at radius 3 is 2.68 bits per heavy atom. The average molecular weight is 405 g/mol. The lowest BCUT2D eigenvalue weighted by Crippen LogP contribution is -2.23. The van der Waals surface area contributed by atoms with Crippen molar-refractivity contribution in [2.24, 2.45) is 0 Å². The fourth-order valence-corrected chi connectivity index (χ4v) is 4.25. The van der Waals surface area contributed by atoms with Crippen LogP contribution < -0.4 is 10.2 Å². The van der Waals surface area contributed by atoms with E-state index in [1.165, 1.54) is 23.5 Å². The number of amides is 1. The zero-order chi connectivity index (χ0) is 19.7. The number of rotatable bonds is 4. The van der Waals surface area contributed by atoms with Crippen molar-refractivity contribution < 1.29 is 18.0 Å². The van der Waals surface area contributed by atoms with Crippen molar-refractivity contribution in [3.05, 3.63) is 58.6 Å². The molecule has 3 aromatic rings. The smallest absolute Gasteiger partial charge is 0.357 e. The van der Waals surface area contributed by atoms with Crippen molar-refractivity contribution in [1.82, 2.24) is 10.3 Å². The minimum Gasteiger partial charge on any atom is -0.357 e. The number of carbonyl (C=O) groups excluding carboxylic acids is 1. The number of benzene rings is 1. The number of carbonyl (C=O) groups is 1. The lowest BCUT2D eigenvalue weighted by molar-refractivity contribution is -0.137. The number of alkyl halides is 3. The van der Waals surface area contributed by atoms with Gasteiger partial charge in [0.05, 0.1) is 10.4 Å². The first-order chi connectivity index (χ1) is 13.4. The maximum absolute atomic E-state index is 12.8. The fraction of sp³-hybridized carbons (Fsp3) is 0.300. The number of thiophene rings is 1. The molecule has 28 heavy (non-hydrogen) atoms. The van der Waals surface area contributed by atoms with E-state index in [2.05, 4.69) is 15.2 Å². The van der Waals surface area contributed by atoms with E-state index < -0.39 is 11.7 Å². The molecule has 1 fully saturated rings. The van der Waals surface area contributed by atoms with Gasteiger partial charge in [-0.15, -0.1) is 11.3 Å². The first-order valence-electron chi connectivity index (χ1n) is 8.99. The van der Waals surface area contributed by atoms with Crippen molar-refractivity contribution in [2.75, 3.05) is 18.0 Å². The summed E-state index contributed by atoms with van der Waals surface area (Å²) in [5.74, 6) is 0.611. The summed E-state index contributed by atoms with van der Waals surface area (Å²) in [5, 5.41) is 3.26. The molecule has 0 saturated carbocycles. The number of aromatic nitrogens is 1. The highest BCUT2D eigenvalue weighted by molar-refractivity contribution is 7.20. The van der Waals surface area contributed by atoms with Crippen LogP contribution in [0.1, 0.15) is 33.6 Å². The molecule has 0 spiro atoms. The Hall–Kier alpha value is -2.61. The molecule has 1 aromatic carbocycles. The number of anilines is 1. The van der Waals surface area contributed by atoms with Crippen LogP contribution in [0.4, 0.5) is 19.0 Å². The van der Waals surface area contributed by atoms with E-state index in [-0.39, 0.29) is 5.91 Å². The molecular formula is C20H18F3N3OS. The van der Waals surface area contributed by atoms with E-state index in [9.17, 15) is 18.0 Å². The van der Waals surface area contributed by atoms with Crippen LogP contribution in [0.5, 0.6) is 0 Å². The highest BCUT2D eigenvalue weighted by Gasteiger charge is 2.30. The van der Waals surface area contributed by atoms with Crippen LogP contribution in [-0.2, 0) is 12.7 Å². The summed E-state index contributed by atoms with van der Waals surface area (Å²) >= 11 is 1.18. The summed E-state index contributed by atoms with van der Waals surface area (Å²) in [4.78, 5) is 19.5. The van der Waals surface area contributed by atoms with E-state index in [0.717, 1.165) is 49.4 Å². The normalized spacial score (nSPS) is 14.6. The molecule has 2 aromatic heterocycles. The quantitative estimate of drug-likeness (QED) is 0.675. The van der Waals surface area contributed by atoms with Crippen molar-refractivity contribution in [1.29, 1.82) is 0 Å². The van der Waals surface area contributed by atoms with Gasteiger partial charge in [0, 0.05) is 30.5 Å². The molecule has 1 aliphatic heterocycles. The minimum atomic E-state index is -4.40.